The van der Waals surface area contributed by atoms with E-state index in [-0.39, 0.29) is 0 Å². The van der Waals surface area contributed by atoms with Crippen molar-refractivity contribution in [3.05, 3.63) is 6.20 Å². The number of aromatic amines is 1. The molecule has 6 heteroatoms. The van der Waals surface area contributed by atoms with Gasteiger partial charge in [0.25, 0.3) is 0 Å². The van der Waals surface area contributed by atoms with Crippen LogP contribution in [0.25, 0.3) is 11.0 Å². The minimum absolute atomic E-state index is 0.605. The maximum absolute atomic E-state index is 4.45. The van der Waals surface area contributed by atoms with Gasteiger partial charge in [-0.15, -0.1) is 0 Å². The SMILES string of the molecule is CNc1nc(NCC(C)C2CC2)c2cn[nH]c2n1. The predicted octanol–water partition coefficient (Wildman–Crippen LogP) is 1.85. The van der Waals surface area contributed by atoms with Crippen LogP contribution in [0.1, 0.15) is 19.8 Å². The smallest absolute Gasteiger partial charge is 0.226 e. The number of nitrogens with one attached hydrogen (secondary N) is 3. The first-order valence-corrected chi connectivity index (χ1v) is 6.40. The Bertz CT molecular complexity index is 544. The van der Waals surface area contributed by atoms with Crippen molar-refractivity contribution in [2.24, 2.45) is 11.8 Å². The van der Waals surface area contributed by atoms with Crippen molar-refractivity contribution in [2.45, 2.75) is 19.8 Å². The minimum atomic E-state index is 0.605. The summed E-state index contributed by atoms with van der Waals surface area (Å²) >= 11 is 0. The van der Waals surface area contributed by atoms with Crippen LogP contribution in [-0.4, -0.2) is 33.8 Å². The number of hydrogen-bond acceptors (Lipinski definition) is 5. The van der Waals surface area contributed by atoms with Gasteiger partial charge in [-0.1, -0.05) is 6.92 Å². The Kier molecular flexibility index (Phi) is 2.77. The summed E-state index contributed by atoms with van der Waals surface area (Å²) in [6, 6.07) is 0. The van der Waals surface area contributed by atoms with Crippen LogP contribution in [0.15, 0.2) is 6.20 Å². The zero-order valence-electron chi connectivity index (χ0n) is 10.7. The quantitative estimate of drug-likeness (QED) is 0.750. The van der Waals surface area contributed by atoms with E-state index in [1.165, 1.54) is 12.8 Å². The second kappa shape index (κ2) is 4.44. The van der Waals surface area contributed by atoms with Crippen molar-refractivity contribution < 1.29 is 0 Å². The highest BCUT2D eigenvalue weighted by molar-refractivity contribution is 5.86. The maximum Gasteiger partial charge on any atom is 0.226 e. The number of nitrogens with zero attached hydrogens (tertiary/aromatic N) is 3. The lowest BCUT2D eigenvalue weighted by Gasteiger charge is -2.12. The van der Waals surface area contributed by atoms with Crippen LogP contribution in [0.5, 0.6) is 0 Å². The van der Waals surface area contributed by atoms with Gasteiger partial charge in [-0.2, -0.15) is 15.1 Å². The molecule has 6 nitrogen and oxygen atoms in total. The number of fused-ring (bicyclic) bond motifs is 1. The third-order valence-corrected chi connectivity index (χ3v) is 3.55. The first-order chi connectivity index (χ1) is 8.78. The van der Waals surface area contributed by atoms with Gasteiger partial charge in [-0.05, 0) is 24.7 Å². The molecule has 0 aromatic carbocycles. The molecule has 3 rings (SSSR count). The molecule has 3 N–H and O–H groups in total. The molecule has 0 spiro atoms. The molecule has 1 unspecified atom stereocenters. The molecule has 2 heterocycles. The Hall–Kier alpha value is -1.85. The highest BCUT2D eigenvalue weighted by Gasteiger charge is 2.27. The van der Waals surface area contributed by atoms with E-state index >= 15 is 0 Å². The lowest BCUT2D eigenvalue weighted by atomic mass is 10.1. The highest BCUT2D eigenvalue weighted by atomic mass is 15.2. The molecule has 1 aliphatic carbocycles. The van der Waals surface area contributed by atoms with Gasteiger partial charge < -0.3 is 10.6 Å². The lowest BCUT2D eigenvalue weighted by molar-refractivity contribution is 0.536. The van der Waals surface area contributed by atoms with Crippen molar-refractivity contribution in [1.82, 2.24) is 20.2 Å². The Labute approximate surface area is 106 Å². The molecule has 0 radical (unpaired) electrons. The van der Waals surface area contributed by atoms with Crippen LogP contribution < -0.4 is 10.6 Å². The van der Waals surface area contributed by atoms with Gasteiger partial charge in [0.1, 0.15) is 5.82 Å². The van der Waals surface area contributed by atoms with Crippen LogP contribution in [0.3, 0.4) is 0 Å². The molecule has 0 amide bonds. The van der Waals surface area contributed by atoms with Gasteiger partial charge in [-0.25, -0.2) is 0 Å². The molecule has 0 aliphatic heterocycles. The Morgan fingerprint density at radius 3 is 3.00 bits per heavy atom. The second-order valence-electron chi connectivity index (χ2n) is 4.97. The fourth-order valence-electron chi connectivity index (χ4n) is 2.17. The first kappa shape index (κ1) is 11.3. The summed E-state index contributed by atoms with van der Waals surface area (Å²) in [6.07, 6.45) is 4.50. The van der Waals surface area contributed by atoms with Crippen LogP contribution in [-0.2, 0) is 0 Å². The number of anilines is 2. The fourth-order valence-corrected chi connectivity index (χ4v) is 2.17. The van der Waals surface area contributed by atoms with Crippen molar-refractivity contribution in [1.29, 1.82) is 0 Å². The lowest BCUT2D eigenvalue weighted by Crippen LogP contribution is -2.14. The molecule has 0 bridgehead atoms. The molecular formula is C12H18N6. The predicted molar refractivity (Wildman–Crippen MR) is 71.6 cm³/mol. The van der Waals surface area contributed by atoms with Crippen molar-refractivity contribution in [2.75, 3.05) is 24.2 Å². The van der Waals surface area contributed by atoms with Crippen LogP contribution >= 0.6 is 0 Å². The van der Waals surface area contributed by atoms with Gasteiger partial charge in [0.2, 0.25) is 5.95 Å². The summed E-state index contributed by atoms with van der Waals surface area (Å²) in [7, 11) is 1.81. The second-order valence-corrected chi connectivity index (χ2v) is 4.97. The van der Waals surface area contributed by atoms with Crippen molar-refractivity contribution in [3.8, 4) is 0 Å². The highest BCUT2D eigenvalue weighted by Crippen LogP contribution is 2.36. The zero-order chi connectivity index (χ0) is 12.5. The number of rotatable bonds is 5. The number of hydrogen-bond donors (Lipinski definition) is 3. The zero-order valence-corrected chi connectivity index (χ0v) is 10.7. The fraction of sp³-hybridized carbons (Fsp3) is 0.583. The van der Waals surface area contributed by atoms with E-state index < -0.39 is 0 Å². The van der Waals surface area contributed by atoms with E-state index in [9.17, 15) is 0 Å². The third kappa shape index (κ3) is 2.10. The maximum atomic E-state index is 4.45. The van der Waals surface area contributed by atoms with Gasteiger partial charge in [-0.3, -0.25) is 5.10 Å². The molecule has 1 aliphatic rings. The first-order valence-electron chi connectivity index (χ1n) is 6.40. The summed E-state index contributed by atoms with van der Waals surface area (Å²) in [6.45, 7) is 3.24. The monoisotopic (exact) mass is 246 g/mol. The molecule has 1 saturated carbocycles. The standard InChI is InChI=1S/C12H18N6/c1-7(8-3-4-8)5-14-10-9-6-15-18-11(9)17-12(13-2)16-10/h6-8H,3-5H2,1-2H3,(H3,13,14,15,16,17,18). The Morgan fingerprint density at radius 2 is 2.28 bits per heavy atom. The van der Waals surface area contributed by atoms with Crippen molar-refractivity contribution in [3.63, 3.8) is 0 Å². The summed E-state index contributed by atoms with van der Waals surface area (Å²) in [5, 5.41) is 14.2. The molecule has 1 atom stereocenters. The van der Waals surface area contributed by atoms with E-state index in [1.807, 2.05) is 7.05 Å². The van der Waals surface area contributed by atoms with E-state index in [0.717, 1.165) is 29.3 Å². The number of H-pyrrole nitrogens is 1. The molecule has 96 valence electrons. The van der Waals surface area contributed by atoms with Crippen molar-refractivity contribution >= 4 is 22.8 Å². The number of aromatic nitrogens is 4. The van der Waals surface area contributed by atoms with Gasteiger partial charge in [0.15, 0.2) is 5.65 Å². The van der Waals surface area contributed by atoms with Crippen LogP contribution in [0.4, 0.5) is 11.8 Å². The molecular weight excluding hydrogens is 228 g/mol. The average Bonchev–Trinajstić information content (AvgIpc) is 3.13. The van der Waals surface area contributed by atoms with Crippen LogP contribution in [0.2, 0.25) is 0 Å². The summed E-state index contributed by atoms with van der Waals surface area (Å²) in [5.74, 6) is 3.04. The largest absolute Gasteiger partial charge is 0.369 e. The molecule has 1 fully saturated rings. The molecule has 18 heavy (non-hydrogen) atoms. The van der Waals surface area contributed by atoms with Crippen LogP contribution in [0, 0.1) is 11.8 Å². The topological polar surface area (TPSA) is 78.5 Å². The molecule has 0 saturated heterocycles. The summed E-state index contributed by atoms with van der Waals surface area (Å²) < 4.78 is 0. The van der Waals surface area contributed by atoms with E-state index in [1.54, 1.807) is 6.20 Å². The summed E-state index contributed by atoms with van der Waals surface area (Å²) in [4.78, 5) is 8.76. The Balaban J connectivity index is 1.82. The molecule has 2 aromatic heterocycles. The average molecular weight is 246 g/mol. The normalized spacial score (nSPS) is 16.8. The van der Waals surface area contributed by atoms with Gasteiger partial charge in [0, 0.05) is 13.6 Å². The summed E-state index contributed by atoms with van der Waals surface area (Å²) in [5.41, 5.74) is 0.760. The Morgan fingerprint density at radius 1 is 1.44 bits per heavy atom. The third-order valence-electron chi connectivity index (χ3n) is 3.55. The van der Waals surface area contributed by atoms with E-state index in [4.69, 9.17) is 0 Å². The minimum Gasteiger partial charge on any atom is -0.369 e. The van der Waals surface area contributed by atoms with Gasteiger partial charge >= 0.3 is 0 Å². The van der Waals surface area contributed by atoms with E-state index in [0.29, 0.717) is 11.9 Å². The molecule has 2 aromatic rings. The van der Waals surface area contributed by atoms with E-state index in [2.05, 4.69) is 37.7 Å². The van der Waals surface area contributed by atoms with Gasteiger partial charge in [0.05, 0.1) is 11.6 Å².